The van der Waals surface area contributed by atoms with E-state index in [4.69, 9.17) is 4.74 Å². The Hall–Kier alpha value is -3.48. The Morgan fingerprint density at radius 3 is 2.03 bits per heavy atom. The highest BCUT2D eigenvalue weighted by Gasteiger charge is 2.39. The largest absolute Gasteiger partial charge is 0.573 e. The fourth-order valence-corrected chi connectivity index (χ4v) is 3.67. The first kappa shape index (κ1) is 23.2. The molecule has 0 amide bonds. The topological polar surface area (TPSA) is 58.6 Å². The van der Waals surface area contributed by atoms with E-state index < -0.39 is 29.4 Å². The van der Waals surface area contributed by atoms with Crippen molar-refractivity contribution in [3.05, 3.63) is 90.0 Å². The van der Waals surface area contributed by atoms with Crippen molar-refractivity contribution in [3.8, 4) is 17.2 Å². The Morgan fingerprint density at radius 1 is 0.906 bits per heavy atom. The highest BCUT2D eigenvalue weighted by molar-refractivity contribution is 5.81. The number of benzene rings is 3. The van der Waals surface area contributed by atoms with Crippen LogP contribution in [0.15, 0.2) is 78.9 Å². The maximum absolute atomic E-state index is 13.0. The molecule has 1 atom stereocenters. The van der Waals surface area contributed by atoms with Gasteiger partial charge in [-0.15, -0.1) is 13.2 Å². The Morgan fingerprint density at radius 2 is 1.50 bits per heavy atom. The summed E-state index contributed by atoms with van der Waals surface area (Å²) in [6, 6.07) is 20.9. The summed E-state index contributed by atoms with van der Waals surface area (Å²) in [4.78, 5) is 12.5. The minimum absolute atomic E-state index is 0.0953. The van der Waals surface area contributed by atoms with Crippen molar-refractivity contribution in [2.45, 2.75) is 32.0 Å². The van der Waals surface area contributed by atoms with E-state index in [1.165, 1.54) is 12.1 Å². The fraction of sp³-hybridized carbons (Fsp3) is 0.240. The third-order valence-corrected chi connectivity index (χ3v) is 5.33. The summed E-state index contributed by atoms with van der Waals surface area (Å²) >= 11 is 0. The van der Waals surface area contributed by atoms with Gasteiger partial charge in [0.25, 0.3) is 0 Å². The Kier molecular flexibility index (Phi) is 6.77. The number of carbonyl (C=O) groups excluding carboxylic acids is 1. The Labute approximate surface area is 184 Å². The number of carbonyl (C=O) groups is 1. The zero-order valence-corrected chi connectivity index (χ0v) is 17.6. The zero-order valence-electron chi connectivity index (χ0n) is 17.6. The molecule has 3 aromatic rings. The molecule has 32 heavy (non-hydrogen) atoms. The molecule has 0 saturated heterocycles. The lowest BCUT2D eigenvalue weighted by Gasteiger charge is -2.40. The molecule has 0 spiro atoms. The Balaban J connectivity index is 2.14. The summed E-state index contributed by atoms with van der Waals surface area (Å²) in [5, 5.41) is 12.5. The zero-order chi connectivity index (χ0) is 23.4. The minimum Gasteiger partial charge on any atom is -0.549 e. The van der Waals surface area contributed by atoms with Crippen LogP contribution in [-0.2, 0) is 16.6 Å². The second kappa shape index (κ2) is 9.34. The number of halogens is 3. The molecule has 3 aromatic carbocycles. The van der Waals surface area contributed by atoms with Gasteiger partial charge in [0.1, 0.15) is 5.75 Å². The summed E-state index contributed by atoms with van der Waals surface area (Å²) in [6.07, 6.45) is -4.85. The highest BCUT2D eigenvalue weighted by atomic mass is 19.4. The Bertz CT molecular complexity index is 1050. The monoisotopic (exact) mass is 443 g/mol. The van der Waals surface area contributed by atoms with Gasteiger partial charge in [0.2, 0.25) is 0 Å². The molecule has 0 saturated carbocycles. The maximum atomic E-state index is 13.0. The molecule has 4 nitrogen and oxygen atoms in total. The quantitative estimate of drug-likeness (QED) is 0.476. The summed E-state index contributed by atoms with van der Waals surface area (Å²) in [7, 11) is 0. The molecule has 168 valence electrons. The number of alkyl halides is 3. The smallest absolute Gasteiger partial charge is 0.549 e. The van der Waals surface area contributed by atoms with Gasteiger partial charge in [-0.25, -0.2) is 0 Å². The molecule has 0 radical (unpaired) electrons. The lowest BCUT2D eigenvalue weighted by Crippen LogP contribution is -2.51. The third-order valence-electron chi connectivity index (χ3n) is 5.33. The van der Waals surface area contributed by atoms with E-state index in [-0.39, 0.29) is 23.5 Å². The molecule has 7 heteroatoms. The van der Waals surface area contributed by atoms with Crippen LogP contribution in [0.1, 0.15) is 25.0 Å². The van der Waals surface area contributed by atoms with Crippen molar-refractivity contribution in [2.24, 2.45) is 5.92 Å². The molecule has 0 aliphatic rings. The van der Waals surface area contributed by atoms with E-state index in [2.05, 4.69) is 4.74 Å². The maximum Gasteiger partial charge on any atom is 0.573 e. The summed E-state index contributed by atoms with van der Waals surface area (Å²) in [6.45, 7) is 3.47. The average Bonchev–Trinajstić information content (AvgIpc) is 2.73. The first-order valence-electron chi connectivity index (χ1n) is 10.0. The van der Waals surface area contributed by atoms with Gasteiger partial charge >= 0.3 is 6.36 Å². The van der Waals surface area contributed by atoms with Gasteiger partial charge in [-0.05, 0) is 47.7 Å². The fourth-order valence-electron chi connectivity index (χ4n) is 3.67. The van der Waals surface area contributed by atoms with Crippen LogP contribution in [-0.4, -0.2) is 12.3 Å². The summed E-state index contributed by atoms with van der Waals surface area (Å²) in [5.41, 5.74) is -0.490. The predicted molar refractivity (Wildman–Crippen MR) is 111 cm³/mol. The number of carboxylic acids is 1. The molecule has 0 aromatic heterocycles. The molecule has 0 N–H and O–H groups in total. The molecular formula is C25H22F3O4-. The normalized spacial score (nSPS) is 13.4. The summed E-state index contributed by atoms with van der Waals surface area (Å²) < 4.78 is 48.7. The second-order valence-electron chi connectivity index (χ2n) is 7.70. The third kappa shape index (κ3) is 5.22. The lowest BCUT2D eigenvalue weighted by molar-refractivity contribution is -0.315. The van der Waals surface area contributed by atoms with Crippen molar-refractivity contribution in [1.29, 1.82) is 0 Å². The molecule has 0 aliphatic heterocycles. The number of hydrogen-bond donors (Lipinski definition) is 0. The van der Waals surface area contributed by atoms with E-state index in [0.717, 1.165) is 11.6 Å². The number of carboxylic acid groups (broad SMARTS) is 1. The SMILES string of the molecule is CC(C)C(Cc1ccccc1)(C(=O)[O-])c1ccc(OC(F)(F)F)c(Oc2ccccc2)c1. The van der Waals surface area contributed by atoms with E-state index in [1.54, 1.807) is 68.4 Å². The number of rotatable bonds is 8. The van der Waals surface area contributed by atoms with Gasteiger partial charge in [0, 0.05) is 5.41 Å². The minimum atomic E-state index is -4.94. The van der Waals surface area contributed by atoms with Gasteiger partial charge in [0.05, 0.1) is 5.97 Å². The predicted octanol–water partition coefficient (Wildman–Crippen LogP) is 5.26. The number of ether oxygens (including phenoxy) is 2. The standard InChI is InChI=1S/C25H23F3O4/c1-17(2)24(23(29)30,16-18-9-5-3-6-10-18)19-13-14-21(32-25(26,27)28)22(15-19)31-20-11-7-4-8-12-20/h3-15,17H,16H2,1-2H3,(H,29,30)/p-1. The van der Waals surface area contributed by atoms with Crippen molar-refractivity contribution < 1.29 is 32.5 Å². The van der Waals surface area contributed by atoms with E-state index >= 15 is 0 Å². The summed E-state index contributed by atoms with van der Waals surface area (Å²) in [5.74, 6) is -2.30. The van der Waals surface area contributed by atoms with Gasteiger partial charge in [-0.2, -0.15) is 0 Å². The molecule has 1 unspecified atom stereocenters. The van der Waals surface area contributed by atoms with Crippen LogP contribution in [0.2, 0.25) is 0 Å². The second-order valence-corrected chi connectivity index (χ2v) is 7.70. The van der Waals surface area contributed by atoms with Crippen molar-refractivity contribution >= 4 is 5.97 Å². The van der Waals surface area contributed by atoms with Gasteiger partial charge in [0.15, 0.2) is 11.5 Å². The van der Waals surface area contributed by atoms with Crippen LogP contribution >= 0.6 is 0 Å². The highest BCUT2D eigenvalue weighted by Crippen LogP contribution is 2.42. The molecule has 0 fully saturated rings. The van der Waals surface area contributed by atoms with Crippen LogP contribution < -0.4 is 14.6 Å². The molecule has 0 aliphatic carbocycles. The number of aliphatic carboxylic acids is 1. The van der Waals surface area contributed by atoms with Crippen molar-refractivity contribution in [3.63, 3.8) is 0 Å². The van der Waals surface area contributed by atoms with Crippen LogP contribution in [0, 0.1) is 5.92 Å². The van der Waals surface area contributed by atoms with Crippen LogP contribution in [0.4, 0.5) is 13.2 Å². The molecule has 0 bridgehead atoms. The molecule has 3 rings (SSSR count). The first-order valence-corrected chi connectivity index (χ1v) is 10.0. The first-order chi connectivity index (χ1) is 15.1. The van der Waals surface area contributed by atoms with Crippen LogP contribution in [0.5, 0.6) is 17.2 Å². The average molecular weight is 443 g/mol. The molecular weight excluding hydrogens is 421 g/mol. The van der Waals surface area contributed by atoms with E-state index in [9.17, 15) is 23.1 Å². The van der Waals surface area contributed by atoms with Gasteiger partial charge in [-0.3, -0.25) is 0 Å². The van der Waals surface area contributed by atoms with E-state index in [0.29, 0.717) is 0 Å². The van der Waals surface area contributed by atoms with Crippen molar-refractivity contribution in [2.75, 3.05) is 0 Å². The van der Waals surface area contributed by atoms with Crippen LogP contribution in [0.3, 0.4) is 0 Å². The van der Waals surface area contributed by atoms with Gasteiger partial charge < -0.3 is 19.4 Å². The molecule has 0 heterocycles. The lowest BCUT2D eigenvalue weighted by atomic mass is 9.68. The number of hydrogen-bond acceptors (Lipinski definition) is 4. The van der Waals surface area contributed by atoms with E-state index in [1.807, 2.05) is 6.07 Å². The van der Waals surface area contributed by atoms with Gasteiger partial charge in [-0.1, -0.05) is 68.4 Å². The number of para-hydroxylation sites is 1. The van der Waals surface area contributed by atoms with Crippen LogP contribution in [0.25, 0.3) is 0 Å². The van der Waals surface area contributed by atoms with Crippen molar-refractivity contribution in [1.82, 2.24) is 0 Å².